The summed E-state index contributed by atoms with van der Waals surface area (Å²) < 4.78 is 4.94. The minimum atomic E-state index is 0.549. The van der Waals surface area contributed by atoms with Crippen molar-refractivity contribution in [3.8, 4) is 0 Å². The SMILES string of the molecule is COCCNC(N)=NCC1CC2C=CC1CC2. The lowest BCUT2D eigenvalue weighted by molar-refractivity contribution is 0.203. The molecule has 0 amide bonds. The van der Waals surface area contributed by atoms with E-state index in [1.807, 2.05) is 0 Å². The fourth-order valence-electron chi connectivity index (χ4n) is 2.81. The lowest BCUT2D eigenvalue weighted by Gasteiger charge is -2.37. The van der Waals surface area contributed by atoms with Crippen LogP contribution in [0.15, 0.2) is 17.1 Å². The van der Waals surface area contributed by atoms with Gasteiger partial charge in [-0.2, -0.15) is 0 Å². The van der Waals surface area contributed by atoms with Crippen LogP contribution in [0.2, 0.25) is 0 Å². The van der Waals surface area contributed by atoms with Gasteiger partial charge in [-0.25, -0.2) is 0 Å². The number of ether oxygens (including phenoxy) is 1. The molecule has 3 atom stereocenters. The molecule has 17 heavy (non-hydrogen) atoms. The predicted molar refractivity (Wildman–Crippen MR) is 69.8 cm³/mol. The van der Waals surface area contributed by atoms with Gasteiger partial charge >= 0.3 is 0 Å². The van der Waals surface area contributed by atoms with Crippen LogP contribution in [-0.2, 0) is 4.74 Å². The number of hydrogen-bond acceptors (Lipinski definition) is 2. The fraction of sp³-hybridized carbons (Fsp3) is 0.769. The smallest absolute Gasteiger partial charge is 0.188 e. The highest BCUT2D eigenvalue weighted by Crippen LogP contribution is 2.40. The third-order valence-electron chi connectivity index (χ3n) is 3.82. The molecule has 3 unspecified atom stereocenters. The van der Waals surface area contributed by atoms with Crippen LogP contribution in [0.1, 0.15) is 19.3 Å². The quantitative estimate of drug-likeness (QED) is 0.326. The van der Waals surface area contributed by atoms with Crippen LogP contribution in [0, 0.1) is 17.8 Å². The number of hydrogen-bond donors (Lipinski definition) is 2. The maximum absolute atomic E-state index is 5.80. The number of aliphatic imine (C=N–C) groups is 1. The summed E-state index contributed by atoms with van der Waals surface area (Å²) >= 11 is 0. The summed E-state index contributed by atoms with van der Waals surface area (Å²) in [5, 5.41) is 3.05. The molecular weight excluding hydrogens is 214 g/mol. The molecule has 4 heteroatoms. The summed E-state index contributed by atoms with van der Waals surface area (Å²) in [5.74, 6) is 2.77. The van der Waals surface area contributed by atoms with E-state index in [1.165, 1.54) is 19.3 Å². The Hall–Kier alpha value is -1.03. The van der Waals surface area contributed by atoms with Crippen LogP contribution >= 0.6 is 0 Å². The van der Waals surface area contributed by atoms with E-state index in [0.29, 0.717) is 18.5 Å². The number of nitrogens with one attached hydrogen (secondary N) is 1. The third-order valence-corrected chi connectivity index (χ3v) is 3.82. The molecule has 0 aliphatic heterocycles. The number of methoxy groups -OCH3 is 1. The van der Waals surface area contributed by atoms with E-state index in [2.05, 4.69) is 22.5 Å². The fourth-order valence-corrected chi connectivity index (χ4v) is 2.81. The minimum Gasteiger partial charge on any atom is -0.383 e. The first-order valence-corrected chi connectivity index (χ1v) is 6.50. The second-order valence-electron chi connectivity index (χ2n) is 5.03. The molecule has 3 N–H and O–H groups in total. The lowest BCUT2D eigenvalue weighted by Crippen LogP contribution is -2.35. The highest BCUT2D eigenvalue weighted by Gasteiger charge is 2.31. The first-order valence-electron chi connectivity index (χ1n) is 6.50. The topological polar surface area (TPSA) is 59.6 Å². The molecule has 1 fully saturated rings. The molecule has 0 spiro atoms. The molecule has 0 aromatic rings. The predicted octanol–water partition coefficient (Wildman–Crippen LogP) is 1.14. The van der Waals surface area contributed by atoms with Gasteiger partial charge in [-0.05, 0) is 37.0 Å². The Kier molecular flexibility index (Phi) is 4.42. The first kappa shape index (κ1) is 12.4. The Balaban J connectivity index is 1.74. The molecule has 3 aliphatic rings. The zero-order chi connectivity index (χ0) is 12.1. The van der Waals surface area contributed by atoms with Crippen LogP contribution in [0.4, 0.5) is 0 Å². The molecule has 4 nitrogen and oxygen atoms in total. The molecule has 0 aromatic heterocycles. The summed E-state index contributed by atoms with van der Waals surface area (Å²) in [6.07, 6.45) is 8.75. The number of allylic oxidation sites excluding steroid dienone is 2. The second-order valence-corrected chi connectivity index (χ2v) is 5.03. The number of nitrogens with zero attached hydrogens (tertiary/aromatic N) is 1. The van der Waals surface area contributed by atoms with Crippen LogP contribution in [-0.4, -0.2) is 32.8 Å². The molecule has 1 saturated carbocycles. The van der Waals surface area contributed by atoms with Gasteiger partial charge < -0.3 is 15.8 Å². The lowest BCUT2D eigenvalue weighted by atomic mass is 9.69. The van der Waals surface area contributed by atoms with E-state index in [9.17, 15) is 0 Å². The Labute approximate surface area is 103 Å². The number of rotatable bonds is 5. The van der Waals surface area contributed by atoms with Gasteiger partial charge in [0.25, 0.3) is 0 Å². The minimum absolute atomic E-state index is 0.549. The van der Waals surface area contributed by atoms with Crippen LogP contribution in [0.3, 0.4) is 0 Å². The van der Waals surface area contributed by atoms with Gasteiger partial charge in [0.2, 0.25) is 0 Å². The van der Waals surface area contributed by atoms with Gasteiger partial charge in [0, 0.05) is 20.2 Å². The molecule has 96 valence electrons. The molecule has 0 heterocycles. The van der Waals surface area contributed by atoms with Crippen LogP contribution in [0.5, 0.6) is 0 Å². The standard InChI is InChI=1S/C13H23N3O/c1-17-7-6-15-13(14)16-9-12-8-10-2-4-11(12)5-3-10/h2,4,10-12H,3,5-9H2,1H3,(H3,14,15,16). The zero-order valence-electron chi connectivity index (χ0n) is 10.6. The summed E-state index contributed by atoms with van der Waals surface area (Å²) in [6, 6.07) is 0. The summed E-state index contributed by atoms with van der Waals surface area (Å²) in [6.45, 7) is 2.24. The van der Waals surface area contributed by atoms with Crippen LogP contribution in [0.25, 0.3) is 0 Å². The van der Waals surface area contributed by atoms with E-state index >= 15 is 0 Å². The Morgan fingerprint density at radius 1 is 1.47 bits per heavy atom. The average molecular weight is 237 g/mol. The van der Waals surface area contributed by atoms with Crippen molar-refractivity contribution in [2.24, 2.45) is 28.5 Å². The molecule has 3 aliphatic carbocycles. The van der Waals surface area contributed by atoms with Gasteiger partial charge in [-0.15, -0.1) is 0 Å². The van der Waals surface area contributed by atoms with Crippen molar-refractivity contribution >= 4 is 5.96 Å². The average Bonchev–Trinajstić information content (AvgIpc) is 2.38. The molecule has 0 radical (unpaired) electrons. The zero-order valence-corrected chi connectivity index (χ0v) is 10.6. The molecule has 2 bridgehead atoms. The van der Waals surface area contributed by atoms with Gasteiger partial charge in [-0.1, -0.05) is 12.2 Å². The number of fused-ring (bicyclic) bond motifs is 2. The van der Waals surface area contributed by atoms with Crippen molar-refractivity contribution in [1.82, 2.24) is 5.32 Å². The van der Waals surface area contributed by atoms with Crippen LogP contribution < -0.4 is 11.1 Å². The van der Waals surface area contributed by atoms with E-state index < -0.39 is 0 Å². The van der Waals surface area contributed by atoms with E-state index in [0.717, 1.165) is 24.9 Å². The Morgan fingerprint density at radius 3 is 2.94 bits per heavy atom. The monoisotopic (exact) mass is 237 g/mol. The summed E-state index contributed by atoms with van der Waals surface area (Å²) in [4.78, 5) is 4.43. The summed E-state index contributed by atoms with van der Waals surface area (Å²) in [7, 11) is 1.68. The molecular formula is C13H23N3O. The molecule has 0 saturated heterocycles. The summed E-state index contributed by atoms with van der Waals surface area (Å²) in [5.41, 5.74) is 5.80. The van der Waals surface area contributed by atoms with Gasteiger partial charge in [0.1, 0.15) is 0 Å². The normalized spacial score (nSPS) is 31.8. The number of guanidine groups is 1. The van der Waals surface area contributed by atoms with Crippen molar-refractivity contribution in [1.29, 1.82) is 0 Å². The highest BCUT2D eigenvalue weighted by atomic mass is 16.5. The highest BCUT2D eigenvalue weighted by molar-refractivity contribution is 5.77. The maximum atomic E-state index is 5.80. The third kappa shape index (κ3) is 3.46. The van der Waals surface area contributed by atoms with Crippen molar-refractivity contribution in [3.63, 3.8) is 0 Å². The van der Waals surface area contributed by atoms with Gasteiger partial charge in [0.05, 0.1) is 6.61 Å². The first-order chi connectivity index (χ1) is 8.29. The Morgan fingerprint density at radius 2 is 2.35 bits per heavy atom. The van der Waals surface area contributed by atoms with Crippen molar-refractivity contribution in [2.75, 3.05) is 26.8 Å². The van der Waals surface area contributed by atoms with Crippen molar-refractivity contribution in [3.05, 3.63) is 12.2 Å². The van der Waals surface area contributed by atoms with E-state index in [-0.39, 0.29) is 0 Å². The van der Waals surface area contributed by atoms with Crippen molar-refractivity contribution in [2.45, 2.75) is 19.3 Å². The number of nitrogens with two attached hydrogens (primary N) is 1. The molecule has 3 rings (SSSR count). The van der Waals surface area contributed by atoms with Gasteiger partial charge in [-0.3, -0.25) is 4.99 Å². The second kappa shape index (κ2) is 6.05. The van der Waals surface area contributed by atoms with E-state index in [1.54, 1.807) is 7.11 Å². The van der Waals surface area contributed by atoms with Crippen molar-refractivity contribution < 1.29 is 4.74 Å². The van der Waals surface area contributed by atoms with E-state index in [4.69, 9.17) is 10.5 Å². The molecule has 0 aromatic carbocycles. The largest absolute Gasteiger partial charge is 0.383 e. The van der Waals surface area contributed by atoms with Gasteiger partial charge in [0.15, 0.2) is 5.96 Å². The Bertz CT molecular complexity index is 301. The maximum Gasteiger partial charge on any atom is 0.188 e.